The van der Waals surface area contributed by atoms with E-state index in [1.807, 2.05) is 7.05 Å². The highest BCUT2D eigenvalue weighted by molar-refractivity contribution is 7.91. The molecule has 3 heterocycles. The molecule has 2 saturated heterocycles. The Kier molecular flexibility index (Phi) is 4.49. The molecule has 3 rings (SSSR count). The molecule has 23 heavy (non-hydrogen) atoms. The number of anilines is 1. The van der Waals surface area contributed by atoms with E-state index in [1.54, 1.807) is 17.0 Å². The summed E-state index contributed by atoms with van der Waals surface area (Å²) in [6.45, 7) is 3.10. The number of likely N-dealkylation sites (N-methyl/N-ethyl adjacent to an activating group) is 1. The van der Waals surface area contributed by atoms with Crippen molar-refractivity contribution in [3.63, 3.8) is 0 Å². The minimum atomic E-state index is -2.93. The molecule has 0 aromatic carbocycles. The first-order valence-corrected chi connectivity index (χ1v) is 9.53. The predicted octanol–water partition coefficient (Wildman–Crippen LogP) is -0.537. The predicted molar refractivity (Wildman–Crippen MR) is 86.1 cm³/mol. The zero-order chi connectivity index (χ0) is 16.4. The molecule has 2 fully saturated rings. The van der Waals surface area contributed by atoms with Crippen LogP contribution in [0.1, 0.15) is 16.9 Å². The fraction of sp³-hybridized carbons (Fsp3) is 0.643. The summed E-state index contributed by atoms with van der Waals surface area (Å²) >= 11 is 0. The molecule has 0 spiro atoms. The number of carbonyl (C=O) groups excluding carboxylic acids is 1. The lowest BCUT2D eigenvalue weighted by molar-refractivity contribution is 0.0657. The summed E-state index contributed by atoms with van der Waals surface area (Å²) in [5.74, 6) is 0.719. The van der Waals surface area contributed by atoms with Gasteiger partial charge in [0.05, 0.1) is 11.5 Å². The molecule has 0 saturated carbocycles. The van der Waals surface area contributed by atoms with E-state index in [9.17, 15) is 13.2 Å². The number of sulfone groups is 1. The number of hydrogen-bond donors (Lipinski definition) is 1. The van der Waals surface area contributed by atoms with Crippen LogP contribution in [-0.4, -0.2) is 85.1 Å². The van der Waals surface area contributed by atoms with Gasteiger partial charge in [-0.25, -0.2) is 8.42 Å². The van der Waals surface area contributed by atoms with E-state index in [4.69, 9.17) is 0 Å². The van der Waals surface area contributed by atoms with Crippen molar-refractivity contribution in [2.75, 3.05) is 50.0 Å². The minimum absolute atomic E-state index is 0.111. The van der Waals surface area contributed by atoms with Crippen molar-refractivity contribution < 1.29 is 13.2 Å². The van der Waals surface area contributed by atoms with Crippen LogP contribution >= 0.6 is 0 Å². The second-order valence-electron chi connectivity index (χ2n) is 6.14. The summed E-state index contributed by atoms with van der Waals surface area (Å²) in [5, 5.41) is 11.1. The van der Waals surface area contributed by atoms with Crippen molar-refractivity contribution in [3.05, 3.63) is 17.8 Å². The van der Waals surface area contributed by atoms with Gasteiger partial charge in [-0.3, -0.25) is 4.79 Å². The van der Waals surface area contributed by atoms with Gasteiger partial charge < -0.3 is 15.1 Å². The Morgan fingerprint density at radius 1 is 1.22 bits per heavy atom. The maximum atomic E-state index is 12.4. The number of nitrogens with one attached hydrogen (secondary N) is 1. The zero-order valence-corrected chi connectivity index (χ0v) is 13.9. The first-order chi connectivity index (χ1) is 10.9. The van der Waals surface area contributed by atoms with Gasteiger partial charge in [0.1, 0.15) is 5.82 Å². The van der Waals surface area contributed by atoms with Crippen molar-refractivity contribution in [2.45, 2.75) is 12.5 Å². The first-order valence-electron chi connectivity index (χ1n) is 7.71. The summed E-state index contributed by atoms with van der Waals surface area (Å²) in [6.07, 6.45) is 0.575. The Balaban J connectivity index is 1.60. The SMILES string of the molecule is CN1CCN(C(=O)c2ccc(NC3CCS(=O)(=O)C3)nn2)CC1. The van der Waals surface area contributed by atoms with E-state index in [2.05, 4.69) is 20.4 Å². The number of amides is 1. The summed E-state index contributed by atoms with van der Waals surface area (Å²) in [5.41, 5.74) is 0.319. The molecule has 0 aliphatic carbocycles. The third kappa shape index (κ3) is 3.97. The third-order valence-electron chi connectivity index (χ3n) is 4.26. The summed E-state index contributed by atoms with van der Waals surface area (Å²) in [6, 6.07) is 3.19. The van der Waals surface area contributed by atoms with Crippen LogP contribution in [0.4, 0.5) is 5.82 Å². The molecule has 1 unspecified atom stereocenters. The van der Waals surface area contributed by atoms with Gasteiger partial charge in [0, 0.05) is 32.2 Å². The van der Waals surface area contributed by atoms with Gasteiger partial charge >= 0.3 is 0 Å². The standard InChI is InChI=1S/C14H21N5O3S/c1-18-5-7-19(8-6-18)14(20)12-2-3-13(17-16-12)15-11-4-9-23(21,22)10-11/h2-3,11H,4-10H2,1H3,(H,15,17). The molecule has 2 aliphatic rings. The number of carbonyl (C=O) groups is 1. The second kappa shape index (κ2) is 6.40. The Morgan fingerprint density at radius 2 is 1.96 bits per heavy atom. The van der Waals surface area contributed by atoms with E-state index in [0.29, 0.717) is 31.0 Å². The fourth-order valence-corrected chi connectivity index (χ4v) is 4.49. The molecule has 0 bridgehead atoms. The molecule has 1 aromatic rings. The highest BCUT2D eigenvalue weighted by atomic mass is 32.2. The highest BCUT2D eigenvalue weighted by Crippen LogP contribution is 2.16. The molecule has 1 amide bonds. The average Bonchev–Trinajstić information content (AvgIpc) is 2.87. The van der Waals surface area contributed by atoms with Gasteiger partial charge in [-0.1, -0.05) is 0 Å². The van der Waals surface area contributed by atoms with Crippen molar-refractivity contribution in [3.8, 4) is 0 Å². The van der Waals surface area contributed by atoms with Crippen molar-refractivity contribution in [1.29, 1.82) is 0 Å². The van der Waals surface area contributed by atoms with Crippen LogP contribution in [-0.2, 0) is 9.84 Å². The molecule has 1 atom stereocenters. The average molecular weight is 339 g/mol. The Morgan fingerprint density at radius 3 is 2.52 bits per heavy atom. The topological polar surface area (TPSA) is 95.5 Å². The largest absolute Gasteiger partial charge is 0.365 e. The van der Waals surface area contributed by atoms with E-state index in [-0.39, 0.29) is 23.5 Å². The molecular weight excluding hydrogens is 318 g/mol. The van der Waals surface area contributed by atoms with Crippen LogP contribution in [0.5, 0.6) is 0 Å². The van der Waals surface area contributed by atoms with Crippen LogP contribution in [0.15, 0.2) is 12.1 Å². The number of rotatable bonds is 3. The van der Waals surface area contributed by atoms with E-state index < -0.39 is 9.84 Å². The first kappa shape index (κ1) is 16.1. The molecule has 9 heteroatoms. The lowest BCUT2D eigenvalue weighted by Gasteiger charge is -2.32. The van der Waals surface area contributed by atoms with Crippen LogP contribution in [0.2, 0.25) is 0 Å². The molecule has 2 aliphatic heterocycles. The van der Waals surface area contributed by atoms with E-state index in [0.717, 1.165) is 13.1 Å². The summed E-state index contributed by atoms with van der Waals surface area (Å²) in [4.78, 5) is 16.3. The van der Waals surface area contributed by atoms with Crippen LogP contribution in [0.25, 0.3) is 0 Å². The highest BCUT2D eigenvalue weighted by Gasteiger charge is 2.28. The quantitative estimate of drug-likeness (QED) is 0.790. The monoisotopic (exact) mass is 339 g/mol. The Bertz CT molecular complexity index is 668. The number of aromatic nitrogens is 2. The fourth-order valence-electron chi connectivity index (χ4n) is 2.81. The number of hydrogen-bond acceptors (Lipinski definition) is 7. The minimum Gasteiger partial charge on any atom is -0.365 e. The van der Waals surface area contributed by atoms with Crippen LogP contribution in [0.3, 0.4) is 0 Å². The lowest BCUT2D eigenvalue weighted by Crippen LogP contribution is -2.47. The summed E-state index contributed by atoms with van der Waals surface area (Å²) in [7, 11) is -0.899. The molecule has 1 aromatic heterocycles. The zero-order valence-electron chi connectivity index (χ0n) is 13.1. The Hall–Kier alpha value is -1.74. The van der Waals surface area contributed by atoms with Gasteiger partial charge in [0.25, 0.3) is 5.91 Å². The molecule has 1 N–H and O–H groups in total. The maximum Gasteiger partial charge on any atom is 0.274 e. The van der Waals surface area contributed by atoms with E-state index >= 15 is 0 Å². The molecule has 8 nitrogen and oxygen atoms in total. The van der Waals surface area contributed by atoms with E-state index in [1.165, 1.54) is 0 Å². The third-order valence-corrected chi connectivity index (χ3v) is 6.03. The van der Waals surface area contributed by atoms with Crippen molar-refractivity contribution in [1.82, 2.24) is 20.0 Å². The smallest absolute Gasteiger partial charge is 0.274 e. The Labute approximate surface area is 135 Å². The van der Waals surface area contributed by atoms with Crippen LogP contribution in [0, 0.1) is 0 Å². The van der Waals surface area contributed by atoms with Gasteiger partial charge in [0.15, 0.2) is 15.5 Å². The number of piperazine rings is 1. The second-order valence-corrected chi connectivity index (χ2v) is 8.37. The lowest BCUT2D eigenvalue weighted by atomic mass is 10.2. The van der Waals surface area contributed by atoms with Gasteiger partial charge in [0.2, 0.25) is 0 Å². The van der Waals surface area contributed by atoms with Gasteiger partial charge in [-0.15, -0.1) is 10.2 Å². The van der Waals surface area contributed by atoms with Gasteiger partial charge in [-0.2, -0.15) is 0 Å². The molecule has 0 radical (unpaired) electrons. The van der Waals surface area contributed by atoms with Crippen molar-refractivity contribution in [2.24, 2.45) is 0 Å². The molecular formula is C14H21N5O3S. The normalized spacial score (nSPS) is 24.6. The summed E-state index contributed by atoms with van der Waals surface area (Å²) < 4.78 is 22.9. The number of nitrogens with zero attached hydrogens (tertiary/aromatic N) is 4. The molecule has 126 valence electrons. The van der Waals surface area contributed by atoms with Crippen LogP contribution < -0.4 is 5.32 Å². The van der Waals surface area contributed by atoms with Crippen molar-refractivity contribution >= 4 is 21.6 Å². The van der Waals surface area contributed by atoms with Gasteiger partial charge in [-0.05, 0) is 25.6 Å². The maximum absolute atomic E-state index is 12.4.